The molecule has 0 radical (unpaired) electrons. The molecule has 0 unspecified atom stereocenters. The number of halogens is 4. The summed E-state index contributed by atoms with van der Waals surface area (Å²) in [6.07, 6.45) is 2.82. The second kappa shape index (κ2) is 17.6. The molecule has 60 heavy (non-hydrogen) atoms. The molecule has 1 aliphatic carbocycles. The minimum Gasteiger partial charge on any atom is -0.444 e. The van der Waals surface area contributed by atoms with Gasteiger partial charge in [0, 0.05) is 43.6 Å². The molecule has 3 aliphatic heterocycles. The summed E-state index contributed by atoms with van der Waals surface area (Å²) in [6.45, 7) is 3.74. The van der Waals surface area contributed by atoms with Crippen molar-refractivity contribution in [3.63, 3.8) is 0 Å². The molecular weight excluding hydrogens is 809 g/mol. The molecule has 3 heterocycles. The van der Waals surface area contributed by atoms with Crippen LogP contribution in [0, 0.1) is 29.2 Å². The van der Waals surface area contributed by atoms with Crippen molar-refractivity contribution in [2.75, 3.05) is 18.4 Å². The van der Waals surface area contributed by atoms with E-state index < -0.39 is 91.6 Å². The molecule has 320 valence electrons. The van der Waals surface area contributed by atoms with Gasteiger partial charge in [-0.3, -0.25) is 19.3 Å². The van der Waals surface area contributed by atoms with E-state index in [-0.39, 0.29) is 56.7 Å². The smallest absolute Gasteiger partial charge is 0.410 e. The Morgan fingerprint density at radius 2 is 1.70 bits per heavy atom. The van der Waals surface area contributed by atoms with Gasteiger partial charge in [-0.25, -0.2) is 35.5 Å². The van der Waals surface area contributed by atoms with Crippen LogP contribution in [0.1, 0.15) is 68.1 Å². The fraction of sp³-hybridized carbons (Fsp3) is 0.429. The van der Waals surface area contributed by atoms with Crippen molar-refractivity contribution in [1.29, 1.82) is 0 Å². The van der Waals surface area contributed by atoms with Gasteiger partial charge in [0.15, 0.2) is 0 Å². The number of ether oxygens (including phenoxy) is 1. The molecule has 0 aromatic heterocycles. The van der Waals surface area contributed by atoms with Crippen molar-refractivity contribution in [3.05, 3.63) is 107 Å². The molecule has 18 heteroatoms. The van der Waals surface area contributed by atoms with Crippen LogP contribution in [0.15, 0.2) is 72.1 Å². The Kier molecular flexibility index (Phi) is 12.5. The monoisotopic (exact) mass is 854 g/mol. The number of carbonyl (C=O) groups excluding carboxylic acids is 4. The number of sulfonamides is 1. The fourth-order valence-corrected chi connectivity index (χ4v) is 9.50. The van der Waals surface area contributed by atoms with E-state index in [2.05, 4.69) is 22.5 Å². The first-order valence-electron chi connectivity index (χ1n) is 19.9. The highest BCUT2D eigenvalue weighted by Gasteiger charge is 2.61. The first-order chi connectivity index (χ1) is 28.7. The quantitative estimate of drug-likeness (QED) is 0.201. The van der Waals surface area contributed by atoms with Crippen molar-refractivity contribution in [2.24, 2.45) is 5.92 Å². The number of fused-ring (bicyclic) bond motifs is 3. The minimum atomic E-state index is -4.70. The third kappa shape index (κ3) is 9.28. The lowest BCUT2D eigenvalue weighted by Gasteiger charge is -2.30. The average Bonchev–Trinajstić information content (AvgIpc) is 3.48. The first kappa shape index (κ1) is 42.6. The number of benzene rings is 3. The molecule has 0 bridgehead atoms. The van der Waals surface area contributed by atoms with Crippen LogP contribution in [-0.2, 0) is 48.8 Å². The van der Waals surface area contributed by atoms with Crippen LogP contribution in [0.3, 0.4) is 0 Å². The van der Waals surface area contributed by atoms with Crippen LogP contribution in [0.2, 0.25) is 0 Å². The SMILES string of the molecule is C=C[C@@H]1C[C@@]12NC(=O)[C@@H]1C[C@@H](OC(=O)N3Cc4cccc(F)c4C3)CN1C(=O)[C@@H](NCc1cc(F)cc(F)c1)CCCCCCCNc1ccc(F)cc1S(=O)(=O)NC2=O. The van der Waals surface area contributed by atoms with E-state index >= 15 is 0 Å². The summed E-state index contributed by atoms with van der Waals surface area (Å²) in [5.41, 5.74) is -0.544. The standard InChI is InChI=1S/C42H46F4N6O7S/c1-2-27-20-42(27)40(55)50-60(57,58)37-18-28(43)12-13-34(37)47-14-7-5-3-4-6-11-35(48-21-25-15-29(44)17-30(45)16-25)39(54)52-23-31(19-36(52)38(53)49-42)59-41(56)51-22-26-9-8-10-33(46)32(26)24-51/h2,8-10,12-13,15-18,27,31,35-36,47-48H,1,3-7,11,14,19-24H2,(H,49,53)(H,50,55)/t27-,31-,35+,36+,42-/m1/s1. The topological polar surface area (TPSA) is 166 Å². The van der Waals surface area contributed by atoms with Crippen LogP contribution in [0.4, 0.5) is 28.0 Å². The van der Waals surface area contributed by atoms with Gasteiger partial charge in [-0.05, 0) is 66.8 Å². The van der Waals surface area contributed by atoms with E-state index in [0.717, 1.165) is 36.8 Å². The maximum Gasteiger partial charge on any atom is 0.410 e. The Hall–Kier alpha value is -5.49. The molecule has 3 aromatic rings. The molecular formula is C42H46F4N6O7S. The number of hydrogen-bond acceptors (Lipinski definition) is 9. The van der Waals surface area contributed by atoms with Gasteiger partial charge in [0.1, 0.15) is 45.8 Å². The molecule has 4 amide bonds. The molecule has 4 N–H and O–H groups in total. The predicted molar refractivity (Wildman–Crippen MR) is 210 cm³/mol. The van der Waals surface area contributed by atoms with Gasteiger partial charge in [0.2, 0.25) is 11.8 Å². The van der Waals surface area contributed by atoms with Crippen LogP contribution in [0.5, 0.6) is 0 Å². The van der Waals surface area contributed by atoms with Crippen molar-refractivity contribution in [2.45, 2.75) is 99.6 Å². The average molecular weight is 855 g/mol. The lowest BCUT2D eigenvalue weighted by Crippen LogP contribution is -2.57. The van der Waals surface area contributed by atoms with E-state index in [9.17, 15) is 45.2 Å². The summed E-state index contributed by atoms with van der Waals surface area (Å²) in [6, 6.07) is 8.37. The third-order valence-electron chi connectivity index (χ3n) is 11.6. The van der Waals surface area contributed by atoms with Crippen molar-refractivity contribution in [1.82, 2.24) is 25.2 Å². The molecule has 1 spiro atoms. The van der Waals surface area contributed by atoms with Gasteiger partial charge in [-0.15, -0.1) is 6.58 Å². The number of nitrogens with zero attached hydrogens (tertiary/aromatic N) is 2. The van der Waals surface area contributed by atoms with E-state index in [1.807, 2.05) is 4.72 Å². The van der Waals surface area contributed by atoms with Gasteiger partial charge in [-0.1, -0.05) is 43.9 Å². The highest BCUT2D eigenvalue weighted by molar-refractivity contribution is 7.90. The van der Waals surface area contributed by atoms with Crippen LogP contribution >= 0.6 is 0 Å². The van der Waals surface area contributed by atoms with Gasteiger partial charge in [0.05, 0.1) is 24.8 Å². The maximum absolute atomic E-state index is 14.6. The zero-order valence-electron chi connectivity index (χ0n) is 32.7. The normalized spacial score (nSPS) is 25.9. The van der Waals surface area contributed by atoms with Gasteiger partial charge < -0.3 is 25.6 Å². The Morgan fingerprint density at radius 3 is 2.43 bits per heavy atom. The number of nitrogens with one attached hydrogen (secondary N) is 4. The number of hydrogen-bond donors (Lipinski definition) is 4. The second-order valence-electron chi connectivity index (χ2n) is 15.8. The molecule has 3 aromatic carbocycles. The molecule has 13 nitrogen and oxygen atoms in total. The molecule has 1 saturated carbocycles. The molecule has 5 atom stereocenters. The van der Waals surface area contributed by atoms with Crippen molar-refractivity contribution < 1.29 is 49.9 Å². The van der Waals surface area contributed by atoms with Gasteiger partial charge in [0.25, 0.3) is 15.9 Å². The Balaban J connectivity index is 1.18. The van der Waals surface area contributed by atoms with Crippen LogP contribution in [0.25, 0.3) is 0 Å². The van der Waals surface area contributed by atoms with Gasteiger partial charge in [-0.2, -0.15) is 0 Å². The number of carbonyl (C=O) groups is 4. The predicted octanol–water partition coefficient (Wildman–Crippen LogP) is 5.16. The Labute approximate surface area is 344 Å². The van der Waals surface area contributed by atoms with Crippen LogP contribution < -0.4 is 20.7 Å². The largest absolute Gasteiger partial charge is 0.444 e. The minimum absolute atomic E-state index is 0.0443. The van der Waals surface area contributed by atoms with Crippen molar-refractivity contribution >= 4 is 39.5 Å². The summed E-state index contributed by atoms with van der Waals surface area (Å²) in [5, 5.41) is 8.79. The lowest BCUT2D eigenvalue weighted by atomic mass is 10.0. The van der Waals surface area contributed by atoms with Crippen LogP contribution in [-0.4, -0.2) is 78.8 Å². The Bertz CT molecular complexity index is 2280. The second-order valence-corrected chi connectivity index (χ2v) is 17.4. The molecule has 4 aliphatic rings. The van der Waals surface area contributed by atoms with E-state index in [1.165, 1.54) is 34.1 Å². The summed E-state index contributed by atoms with van der Waals surface area (Å²) in [7, 11) is -4.70. The maximum atomic E-state index is 14.6. The van der Waals surface area contributed by atoms with E-state index in [0.29, 0.717) is 43.4 Å². The summed E-state index contributed by atoms with van der Waals surface area (Å²) in [4.78, 5) is 58.4. The Morgan fingerprint density at radius 1 is 0.950 bits per heavy atom. The molecule has 2 fully saturated rings. The fourth-order valence-electron chi connectivity index (χ4n) is 8.27. The first-order valence-corrected chi connectivity index (χ1v) is 21.4. The van der Waals surface area contributed by atoms with E-state index in [4.69, 9.17) is 4.74 Å². The summed E-state index contributed by atoms with van der Waals surface area (Å²) >= 11 is 0. The summed E-state index contributed by atoms with van der Waals surface area (Å²) in [5.74, 6) is -6.16. The highest BCUT2D eigenvalue weighted by atomic mass is 32.2. The van der Waals surface area contributed by atoms with Crippen molar-refractivity contribution in [3.8, 4) is 0 Å². The number of rotatable bonds is 5. The number of amides is 4. The highest BCUT2D eigenvalue weighted by Crippen LogP contribution is 2.45. The molecule has 1 saturated heterocycles. The lowest BCUT2D eigenvalue weighted by molar-refractivity contribution is -0.141. The summed E-state index contributed by atoms with van der Waals surface area (Å²) < 4.78 is 92.4. The zero-order valence-corrected chi connectivity index (χ0v) is 33.5. The number of anilines is 1. The van der Waals surface area contributed by atoms with Gasteiger partial charge >= 0.3 is 6.09 Å². The molecule has 7 rings (SSSR count). The third-order valence-corrected chi connectivity index (χ3v) is 12.9. The zero-order chi connectivity index (χ0) is 42.8. The van der Waals surface area contributed by atoms with E-state index in [1.54, 1.807) is 6.07 Å².